The monoisotopic (exact) mass is 389 g/mol. The minimum Gasteiger partial charge on any atom is -0.444 e. The first-order chi connectivity index (χ1) is 12.6. The van der Waals surface area contributed by atoms with E-state index in [4.69, 9.17) is 4.74 Å². The lowest BCUT2D eigenvalue weighted by Gasteiger charge is -2.21. The molecule has 2 aromatic rings. The van der Waals surface area contributed by atoms with Gasteiger partial charge in [-0.15, -0.1) is 11.3 Å². The Morgan fingerprint density at radius 1 is 1.41 bits per heavy atom. The number of likely N-dealkylation sites (tertiary alicyclic amines) is 1. The summed E-state index contributed by atoms with van der Waals surface area (Å²) in [5.41, 5.74) is -0.135. The van der Waals surface area contributed by atoms with E-state index >= 15 is 0 Å². The number of likely N-dealkylation sites (N-methyl/N-ethyl adjacent to an activating group) is 1. The van der Waals surface area contributed by atoms with Gasteiger partial charge in [0.25, 0.3) is 5.91 Å². The molecule has 0 aliphatic carbocycles. The van der Waals surface area contributed by atoms with E-state index in [1.54, 1.807) is 51.4 Å². The van der Waals surface area contributed by atoms with Crippen LogP contribution in [0.5, 0.6) is 0 Å². The first-order valence-electron chi connectivity index (χ1n) is 8.63. The second kappa shape index (κ2) is 6.94. The number of rotatable bonds is 3. The van der Waals surface area contributed by atoms with Crippen molar-refractivity contribution in [2.45, 2.75) is 38.4 Å². The Bertz CT molecular complexity index is 874. The van der Waals surface area contributed by atoms with Crippen molar-refractivity contribution < 1.29 is 19.4 Å². The predicted molar refractivity (Wildman–Crippen MR) is 104 cm³/mol. The van der Waals surface area contributed by atoms with Crippen LogP contribution < -0.4 is 5.32 Å². The fraction of sp³-hybridized carbons (Fsp3) is 0.421. The molecule has 0 spiro atoms. The number of carbonyl (C=O) groups excluding carboxylic acids is 2. The van der Waals surface area contributed by atoms with E-state index in [2.05, 4.69) is 10.3 Å². The van der Waals surface area contributed by atoms with Crippen LogP contribution in [0.4, 0.5) is 9.93 Å². The lowest BCUT2D eigenvalue weighted by atomic mass is 9.91. The molecule has 1 saturated heterocycles. The van der Waals surface area contributed by atoms with E-state index < -0.39 is 17.3 Å². The molecule has 0 bridgehead atoms. The van der Waals surface area contributed by atoms with Gasteiger partial charge in [-0.1, -0.05) is 18.2 Å². The summed E-state index contributed by atoms with van der Waals surface area (Å²) in [5.74, 6) is -0.301. The number of aromatic nitrogens is 1. The predicted octanol–water partition coefficient (Wildman–Crippen LogP) is 3.21. The Hall–Kier alpha value is -2.45. The Labute approximate surface area is 162 Å². The van der Waals surface area contributed by atoms with Crippen molar-refractivity contribution in [1.82, 2.24) is 9.88 Å². The van der Waals surface area contributed by atoms with Gasteiger partial charge >= 0.3 is 6.09 Å². The molecule has 2 amide bonds. The number of anilines is 1. The molecule has 144 valence electrons. The highest BCUT2D eigenvalue weighted by Crippen LogP contribution is 2.35. The zero-order chi connectivity index (χ0) is 19.8. The average molecular weight is 389 g/mol. The summed E-state index contributed by atoms with van der Waals surface area (Å²) in [6, 6.07) is 7.15. The Morgan fingerprint density at radius 3 is 2.78 bits per heavy atom. The summed E-state index contributed by atoms with van der Waals surface area (Å²) in [6.07, 6.45) is -0.208. The van der Waals surface area contributed by atoms with Crippen LogP contribution in [0.2, 0.25) is 0 Å². The van der Waals surface area contributed by atoms with E-state index in [9.17, 15) is 14.7 Å². The van der Waals surface area contributed by atoms with Crippen molar-refractivity contribution in [3.8, 4) is 11.3 Å². The molecule has 27 heavy (non-hydrogen) atoms. The molecule has 3 rings (SSSR count). The number of nitrogens with one attached hydrogen (secondary N) is 1. The van der Waals surface area contributed by atoms with Gasteiger partial charge in [0.1, 0.15) is 5.60 Å². The minimum absolute atomic E-state index is 0.301. The molecule has 8 heteroatoms. The smallest absolute Gasteiger partial charge is 0.413 e. The van der Waals surface area contributed by atoms with Crippen molar-refractivity contribution in [2.24, 2.45) is 0 Å². The van der Waals surface area contributed by atoms with E-state index in [0.717, 1.165) is 5.56 Å². The van der Waals surface area contributed by atoms with Crippen molar-refractivity contribution >= 4 is 28.5 Å². The third-order valence-electron chi connectivity index (χ3n) is 4.26. The van der Waals surface area contributed by atoms with E-state index in [1.807, 2.05) is 6.07 Å². The summed E-state index contributed by atoms with van der Waals surface area (Å²) in [5, 5.41) is 15.7. The summed E-state index contributed by atoms with van der Waals surface area (Å²) >= 11 is 1.28. The van der Waals surface area contributed by atoms with Gasteiger partial charge in [-0.2, -0.15) is 0 Å². The topological polar surface area (TPSA) is 91.8 Å². The van der Waals surface area contributed by atoms with Gasteiger partial charge in [0, 0.05) is 31.0 Å². The number of ether oxygens (including phenoxy) is 1. The molecular formula is C19H23N3O4S. The van der Waals surface area contributed by atoms with Crippen LogP contribution in [0.3, 0.4) is 0 Å². The van der Waals surface area contributed by atoms with Gasteiger partial charge < -0.3 is 14.7 Å². The second-order valence-corrected chi connectivity index (χ2v) is 8.44. The van der Waals surface area contributed by atoms with E-state index in [0.29, 0.717) is 29.4 Å². The van der Waals surface area contributed by atoms with Crippen LogP contribution >= 0.6 is 11.3 Å². The molecule has 1 fully saturated rings. The molecule has 2 heterocycles. The van der Waals surface area contributed by atoms with Gasteiger partial charge in [-0.25, -0.2) is 9.78 Å². The maximum absolute atomic E-state index is 12.3. The van der Waals surface area contributed by atoms with Crippen molar-refractivity contribution in [1.29, 1.82) is 0 Å². The molecule has 1 aliphatic rings. The maximum atomic E-state index is 12.3. The summed E-state index contributed by atoms with van der Waals surface area (Å²) in [6.45, 7) is 5.88. The van der Waals surface area contributed by atoms with E-state index in [-0.39, 0.29) is 5.91 Å². The minimum atomic E-state index is -1.50. The largest absolute Gasteiger partial charge is 0.444 e. The van der Waals surface area contributed by atoms with Crippen LogP contribution in [-0.2, 0) is 15.1 Å². The molecule has 1 aliphatic heterocycles. The second-order valence-electron chi connectivity index (χ2n) is 7.58. The first kappa shape index (κ1) is 19.3. The fourth-order valence-corrected chi connectivity index (χ4v) is 3.62. The number of thiazole rings is 1. The number of amides is 2. The average Bonchev–Trinajstić information content (AvgIpc) is 3.14. The Kier molecular flexibility index (Phi) is 4.96. The standard InChI is InChI=1S/C19H23N3O4S/c1-18(2,3)26-17(24)21-16-20-14(11-27-16)12-6-5-7-13(10-12)19(25)8-9-22(4)15(19)23/h5-7,10-11,25H,8-9H2,1-4H3,(H,20,21,24). The van der Waals surface area contributed by atoms with Crippen molar-refractivity contribution in [3.05, 3.63) is 35.2 Å². The number of hydrogen-bond acceptors (Lipinski definition) is 6. The third-order valence-corrected chi connectivity index (χ3v) is 5.02. The van der Waals surface area contributed by atoms with Crippen LogP contribution in [-0.4, -0.2) is 46.2 Å². The maximum Gasteiger partial charge on any atom is 0.413 e. The van der Waals surface area contributed by atoms with Crippen LogP contribution in [0.25, 0.3) is 11.3 Å². The molecule has 1 atom stereocenters. The van der Waals surface area contributed by atoms with Gasteiger partial charge in [0.2, 0.25) is 0 Å². The summed E-state index contributed by atoms with van der Waals surface area (Å²) in [7, 11) is 1.68. The highest BCUT2D eigenvalue weighted by atomic mass is 32.1. The molecular weight excluding hydrogens is 366 g/mol. The molecule has 1 aromatic heterocycles. The normalized spacial score (nSPS) is 20.0. The Balaban J connectivity index is 1.80. The SMILES string of the molecule is CN1CCC(O)(c2cccc(-c3csc(NC(=O)OC(C)(C)C)n3)c2)C1=O. The summed E-state index contributed by atoms with van der Waals surface area (Å²) < 4.78 is 5.22. The first-order valence-corrected chi connectivity index (χ1v) is 9.51. The molecule has 0 saturated carbocycles. The van der Waals surface area contributed by atoms with Crippen LogP contribution in [0, 0.1) is 0 Å². The molecule has 7 nitrogen and oxygen atoms in total. The van der Waals surface area contributed by atoms with Gasteiger partial charge in [-0.05, 0) is 32.4 Å². The number of aliphatic hydroxyl groups is 1. The highest BCUT2D eigenvalue weighted by molar-refractivity contribution is 7.14. The molecule has 1 unspecified atom stereocenters. The fourth-order valence-electron chi connectivity index (χ4n) is 2.91. The third kappa shape index (κ3) is 4.12. The number of nitrogens with zero attached hydrogens (tertiary/aromatic N) is 2. The van der Waals surface area contributed by atoms with Gasteiger partial charge in [0.15, 0.2) is 10.7 Å². The lowest BCUT2D eigenvalue weighted by Crippen LogP contribution is -2.36. The number of carbonyl (C=O) groups is 2. The molecule has 2 N–H and O–H groups in total. The number of benzene rings is 1. The van der Waals surface area contributed by atoms with Crippen LogP contribution in [0.15, 0.2) is 29.6 Å². The lowest BCUT2D eigenvalue weighted by molar-refractivity contribution is -0.143. The van der Waals surface area contributed by atoms with Gasteiger partial charge in [0.05, 0.1) is 5.69 Å². The zero-order valence-electron chi connectivity index (χ0n) is 15.8. The quantitative estimate of drug-likeness (QED) is 0.841. The van der Waals surface area contributed by atoms with Crippen molar-refractivity contribution in [2.75, 3.05) is 18.9 Å². The number of hydrogen-bond donors (Lipinski definition) is 2. The Morgan fingerprint density at radius 2 is 2.15 bits per heavy atom. The molecule has 1 aromatic carbocycles. The zero-order valence-corrected chi connectivity index (χ0v) is 16.6. The van der Waals surface area contributed by atoms with E-state index in [1.165, 1.54) is 16.2 Å². The summed E-state index contributed by atoms with van der Waals surface area (Å²) in [4.78, 5) is 30.1. The molecule has 0 radical (unpaired) electrons. The van der Waals surface area contributed by atoms with Crippen molar-refractivity contribution in [3.63, 3.8) is 0 Å². The van der Waals surface area contributed by atoms with Crippen LogP contribution in [0.1, 0.15) is 32.8 Å². The van der Waals surface area contributed by atoms with Gasteiger partial charge in [-0.3, -0.25) is 10.1 Å². The highest BCUT2D eigenvalue weighted by Gasteiger charge is 2.45.